The Bertz CT molecular complexity index is 462. The number of carbonyl (C=O) groups excluding carboxylic acids is 1. The van der Waals surface area contributed by atoms with Gasteiger partial charge in [-0.05, 0) is 51.2 Å². The molecule has 0 spiro atoms. The van der Waals surface area contributed by atoms with E-state index in [1.165, 1.54) is 0 Å². The summed E-state index contributed by atoms with van der Waals surface area (Å²) in [7, 11) is 0. The third kappa shape index (κ3) is 2.91. The van der Waals surface area contributed by atoms with Crippen molar-refractivity contribution in [2.75, 3.05) is 6.54 Å². The number of hydrogen-bond donors (Lipinski definition) is 2. The normalized spacial score (nSPS) is 18.2. The lowest BCUT2D eigenvalue weighted by Crippen LogP contribution is -2.42. The quantitative estimate of drug-likeness (QED) is 0.857. The number of hydrogen-bond acceptors (Lipinski definition) is 2. The van der Waals surface area contributed by atoms with Crippen LogP contribution in [0.3, 0.4) is 0 Å². The van der Waals surface area contributed by atoms with Gasteiger partial charge in [0.1, 0.15) is 0 Å². The fraction of sp³-hybridized carbons (Fsp3) is 0.533. The maximum atomic E-state index is 12.1. The van der Waals surface area contributed by atoms with E-state index >= 15 is 0 Å². The van der Waals surface area contributed by atoms with Gasteiger partial charge in [-0.1, -0.05) is 17.7 Å². The Morgan fingerprint density at radius 3 is 2.72 bits per heavy atom. The van der Waals surface area contributed by atoms with Crippen molar-refractivity contribution in [3.05, 3.63) is 34.9 Å². The van der Waals surface area contributed by atoms with Crippen molar-refractivity contribution in [2.24, 2.45) is 5.92 Å². The summed E-state index contributed by atoms with van der Waals surface area (Å²) in [5.41, 5.74) is 1.96. The third-order valence-electron chi connectivity index (χ3n) is 3.70. The van der Waals surface area contributed by atoms with Crippen LogP contribution in [0.4, 0.5) is 0 Å². The second kappa shape index (κ2) is 4.73. The van der Waals surface area contributed by atoms with E-state index in [0.717, 1.165) is 24.0 Å². The molecular formula is C15H21NO2. The second-order valence-electron chi connectivity index (χ2n) is 5.63. The van der Waals surface area contributed by atoms with E-state index in [9.17, 15) is 9.90 Å². The molecule has 1 fully saturated rings. The molecule has 1 saturated carbocycles. The molecular weight excluding hydrogens is 226 g/mol. The molecule has 1 aromatic rings. The minimum atomic E-state index is -0.770. The molecule has 1 aliphatic rings. The summed E-state index contributed by atoms with van der Waals surface area (Å²) in [6.45, 7) is 6.02. The first-order valence-corrected chi connectivity index (χ1v) is 6.48. The van der Waals surface area contributed by atoms with Crippen molar-refractivity contribution in [3.8, 4) is 0 Å². The fourth-order valence-electron chi connectivity index (χ4n) is 2.18. The summed E-state index contributed by atoms with van der Waals surface area (Å²) in [4.78, 5) is 12.1. The highest BCUT2D eigenvalue weighted by molar-refractivity contribution is 5.95. The van der Waals surface area contributed by atoms with E-state index < -0.39 is 5.60 Å². The van der Waals surface area contributed by atoms with Crippen molar-refractivity contribution in [1.82, 2.24) is 5.32 Å². The molecule has 0 aliphatic heterocycles. The maximum Gasteiger partial charge on any atom is 0.251 e. The van der Waals surface area contributed by atoms with Crippen molar-refractivity contribution in [1.29, 1.82) is 0 Å². The smallest absolute Gasteiger partial charge is 0.251 e. The molecule has 2 N–H and O–H groups in total. The molecule has 1 amide bonds. The number of aliphatic hydroxyl groups is 1. The Hall–Kier alpha value is -1.35. The van der Waals surface area contributed by atoms with Gasteiger partial charge in [-0.15, -0.1) is 0 Å². The standard InChI is InChI=1S/C15H21NO2/c1-10-4-5-11(2)13(8-10)14(17)16-9-15(3,18)12-6-7-12/h4-5,8,12,18H,6-7,9H2,1-3H3,(H,16,17). The molecule has 2 rings (SSSR count). The summed E-state index contributed by atoms with van der Waals surface area (Å²) >= 11 is 0. The third-order valence-corrected chi connectivity index (χ3v) is 3.70. The first-order chi connectivity index (χ1) is 8.40. The van der Waals surface area contributed by atoms with E-state index in [4.69, 9.17) is 0 Å². The average molecular weight is 247 g/mol. The molecule has 3 nitrogen and oxygen atoms in total. The van der Waals surface area contributed by atoms with Crippen LogP contribution in [0, 0.1) is 19.8 Å². The molecule has 0 radical (unpaired) electrons. The highest BCUT2D eigenvalue weighted by atomic mass is 16.3. The highest BCUT2D eigenvalue weighted by Crippen LogP contribution is 2.39. The van der Waals surface area contributed by atoms with Gasteiger partial charge in [-0.25, -0.2) is 0 Å². The SMILES string of the molecule is Cc1ccc(C)c(C(=O)NCC(C)(O)C2CC2)c1. The van der Waals surface area contributed by atoms with Crippen molar-refractivity contribution < 1.29 is 9.90 Å². The van der Waals surface area contributed by atoms with E-state index in [0.29, 0.717) is 18.0 Å². The van der Waals surface area contributed by atoms with Crippen LogP contribution in [0.1, 0.15) is 41.3 Å². The summed E-state index contributed by atoms with van der Waals surface area (Å²) in [6, 6.07) is 5.83. The van der Waals surface area contributed by atoms with E-state index in [-0.39, 0.29) is 5.91 Å². The van der Waals surface area contributed by atoms with Crippen LogP contribution in [-0.2, 0) is 0 Å². The predicted octanol–water partition coefficient (Wildman–Crippen LogP) is 2.19. The van der Waals surface area contributed by atoms with E-state index in [2.05, 4.69) is 5.32 Å². The van der Waals surface area contributed by atoms with Gasteiger partial charge in [0.2, 0.25) is 0 Å². The minimum absolute atomic E-state index is 0.0999. The molecule has 0 aromatic heterocycles. The van der Waals surface area contributed by atoms with Gasteiger partial charge in [0.05, 0.1) is 5.60 Å². The number of aryl methyl sites for hydroxylation is 2. The lowest BCUT2D eigenvalue weighted by molar-refractivity contribution is 0.0354. The number of nitrogens with one attached hydrogen (secondary N) is 1. The highest BCUT2D eigenvalue weighted by Gasteiger charge is 2.39. The lowest BCUT2D eigenvalue weighted by Gasteiger charge is -2.23. The maximum absolute atomic E-state index is 12.1. The molecule has 1 aliphatic carbocycles. The summed E-state index contributed by atoms with van der Waals surface area (Å²) in [5, 5.41) is 13.0. The first kappa shape index (κ1) is 13.1. The Morgan fingerprint density at radius 1 is 1.44 bits per heavy atom. The average Bonchev–Trinajstić information content (AvgIpc) is 3.13. The summed E-state index contributed by atoms with van der Waals surface area (Å²) in [6.07, 6.45) is 2.12. The molecule has 1 aromatic carbocycles. The van der Waals surface area contributed by atoms with E-state index in [1.807, 2.05) is 32.0 Å². The Balaban J connectivity index is 2.01. The monoisotopic (exact) mass is 247 g/mol. The molecule has 0 saturated heterocycles. The van der Waals surface area contributed by atoms with Crippen LogP contribution in [0.25, 0.3) is 0 Å². The van der Waals surface area contributed by atoms with Crippen LogP contribution >= 0.6 is 0 Å². The van der Waals surface area contributed by atoms with Crippen LogP contribution in [0.15, 0.2) is 18.2 Å². The van der Waals surface area contributed by atoms with Gasteiger partial charge in [-0.3, -0.25) is 4.79 Å². The molecule has 98 valence electrons. The lowest BCUT2D eigenvalue weighted by atomic mass is 10.00. The Kier molecular flexibility index (Phi) is 3.44. The van der Waals surface area contributed by atoms with Gasteiger partial charge >= 0.3 is 0 Å². The Morgan fingerprint density at radius 2 is 2.11 bits per heavy atom. The van der Waals surface area contributed by atoms with Crippen molar-refractivity contribution >= 4 is 5.91 Å². The van der Waals surface area contributed by atoms with Crippen molar-refractivity contribution in [3.63, 3.8) is 0 Å². The van der Waals surface area contributed by atoms with Crippen LogP contribution in [0.5, 0.6) is 0 Å². The van der Waals surface area contributed by atoms with Gasteiger partial charge in [0.25, 0.3) is 5.91 Å². The largest absolute Gasteiger partial charge is 0.388 e. The van der Waals surface area contributed by atoms with Crippen LogP contribution in [0.2, 0.25) is 0 Å². The Labute approximate surface area is 108 Å². The molecule has 1 unspecified atom stereocenters. The van der Waals surface area contributed by atoms with Gasteiger partial charge < -0.3 is 10.4 Å². The zero-order valence-corrected chi connectivity index (χ0v) is 11.3. The number of benzene rings is 1. The van der Waals surface area contributed by atoms with Gasteiger partial charge in [-0.2, -0.15) is 0 Å². The zero-order valence-electron chi connectivity index (χ0n) is 11.3. The van der Waals surface area contributed by atoms with Crippen molar-refractivity contribution in [2.45, 2.75) is 39.2 Å². The molecule has 3 heteroatoms. The minimum Gasteiger partial charge on any atom is -0.388 e. The molecule has 1 atom stereocenters. The molecule has 0 heterocycles. The zero-order chi connectivity index (χ0) is 13.3. The molecule has 18 heavy (non-hydrogen) atoms. The second-order valence-corrected chi connectivity index (χ2v) is 5.63. The van der Waals surface area contributed by atoms with E-state index in [1.54, 1.807) is 6.92 Å². The van der Waals surface area contributed by atoms with Gasteiger partial charge in [0, 0.05) is 12.1 Å². The van der Waals surface area contributed by atoms with Crippen LogP contribution < -0.4 is 5.32 Å². The molecule has 0 bridgehead atoms. The number of carbonyl (C=O) groups is 1. The fourth-order valence-corrected chi connectivity index (χ4v) is 2.18. The summed E-state index contributed by atoms with van der Waals surface area (Å²) in [5.74, 6) is 0.244. The van der Waals surface area contributed by atoms with Crippen LogP contribution in [-0.4, -0.2) is 23.2 Å². The summed E-state index contributed by atoms with van der Waals surface area (Å²) < 4.78 is 0. The predicted molar refractivity (Wildman–Crippen MR) is 71.6 cm³/mol. The number of rotatable bonds is 4. The topological polar surface area (TPSA) is 49.3 Å². The number of amides is 1. The first-order valence-electron chi connectivity index (χ1n) is 6.48. The van der Waals surface area contributed by atoms with Gasteiger partial charge in [0.15, 0.2) is 0 Å².